The molecule has 0 saturated carbocycles. The van der Waals surface area contributed by atoms with Gasteiger partial charge in [0.25, 0.3) is 0 Å². The van der Waals surface area contributed by atoms with Crippen LogP contribution in [-0.2, 0) is 62.3 Å². The van der Waals surface area contributed by atoms with Crippen LogP contribution in [0.25, 0.3) is 0 Å². The standard InChI is InChI=1S/2C10H17N3.2C5H10O2.C2H3N.2ClHO4.2Fe.O/c2*1-13(2)8-7-11-9-10-5-3-4-6-12-10;2*1-5(2,3)4(6)7;1-2-3;2*2-1(3,4)5;;;/h2*3-6,11H,7-9H2,1-2H3;2*1-3H3,(H,6,7);1H3;2*(H,2,3,4,5);;;/q;;;;;;;2*+5;-2/p-4. The van der Waals surface area contributed by atoms with E-state index in [9.17, 15) is 19.8 Å². The fourth-order valence-electron chi connectivity index (χ4n) is 2.04. The number of hydrogen-bond donors (Lipinski definition) is 2. The van der Waals surface area contributed by atoms with Crippen molar-refractivity contribution >= 4 is 11.9 Å². The minimum atomic E-state index is -4.94. The average molecular weight is 928 g/mol. The van der Waals surface area contributed by atoms with E-state index >= 15 is 0 Å². The van der Waals surface area contributed by atoms with Crippen LogP contribution in [0.1, 0.15) is 59.9 Å². The Kier molecular flexibility index (Phi) is 52.4. The van der Waals surface area contributed by atoms with Gasteiger partial charge in [-0.3, -0.25) is 9.97 Å². The molecule has 2 rings (SSSR count). The second kappa shape index (κ2) is 41.0. The second-order valence-corrected chi connectivity index (χ2v) is 14.2. The summed E-state index contributed by atoms with van der Waals surface area (Å²) in [5.74, 6) is -2.01. The van der Waals surface area contributed by atoms with Gasteiger partial charge in [-0.15, -0.1) is 20.5 Å². The van der Waals surface area contributed by atoms with Crippen molar-refractivity contribution in [2.24, 2.45) is 10.8 Å². The Morgan fingerprint density at radius 3 is 1.02 bits per heavy atom. The van der Waals surface area contributed by atoms with Gasteiger partial charge in [-0.2, -0.15) is 5.26 Å². The van der Waals surface area contributed by atoms with Gasteiger partial charge >= 0.3 is 34.1 Å². The first-order chi connectivity index (χ1) is 23.9. The fraction of sp³-hybridized carbons (Fsp3) is 0.594. The van der Waals surface area contributed by atoms with Crippen molar-refractivity contribution in [2.45, 2.75) is 61.6 Å². The molecule has 0 fully saturated rings. The zero-order valence-corrected chi connectivity index (χ0v) is 37.1. The molecule has 0 aromatic carbocycles. The van der Waals surface area contributed by atoms with E-state index in [1.807, 2.05) is 48.8 Å². The van der Waals surface area contributed by atoms with Crippen LogP contribution in [0.2, 0.25) is 0 Å². The van der Waals surface area contributed by atoms with Crippen LogP contribution in [0, 0.1) is 42.6 Å². The number of carboxylic acids is 2. The summed E-state index contributed by atoms with van der Waals surface area (Å²) in [4.78, 5) is 32.6. The van der Waals surface area contributed by atoms with Crippen molar-refractivity contribution in [3.05, 3.63) is 60.2 Å². The molecule has 2 heterocycles. The molecule has 2 radical (unpaired) electrons. The minimum absolute atomic E-state index is 0. The molecule has 0 amide bonds. The van der Waals surface area contributed by atoms with E-state index in [1.54, 1.807) is 47.6 Å². The van der Waals surface area contributed by atoms with Crippen LogP contribution in [0.4, 0.5) is 0 Å². The van der Waals surface area contributed by atoms with Crippen LogP contribution in [0.5, 0.6) is 0 Å². The summed E-state index contributed by atoms with van der Waals surface area (Å²) in [6, 6.07) is 13.7. The van der Waals surface area contributed by atoms with Crippen LogP contribution in [0.15, 0.2) is 48.8 Å². The van der Waals surface area contributed by atoms with Crippen molar-refractivity contribution < 1.29 is 117 Å². The van der Waals surface area contributed by atoms with Gasteiger partial charge in [0.1, 0.15) is 0 Å². The van der Waals surface area contributed by atoms with Gasteiger partial charge in [-0.25, -0.2) is 37.3 Å². The van der Waals surface area contributed by atoms with Crippen molar-refractivity contribution in [3.8, 4) is 6.07 Å². The number of nitrogens with one attached hydrogen (secondary N) is 2. The molecule has 0 bridgehead atoms. The maximum Gasteiger partial charge on any atom is 5.00 e. The molecule has 322 valence electrons. The molecule has 24 heteroatoms. The van der Waals surface area contributed by atoms with Gasteiger partial charge in [0.05, 0.1) is 17.5 Å². The predicted octanol–water partition coefficient (Wildman–Crippen LogP) is -8.08. The van der Waals surface area contributed by atoms with E-state index in [2.05, 4.69) is 58.6 Å². The molecule has 0 aliphatic carbocycles. The quantitative estimate of drug-likeness (QED) is 0.165. The summed E-state index contributed by atoms with van der Waals surface area (Å²) in [5.41, 5.74) is 0.808. The molecule has 0 atom stereocenters. The number of carbonyl (C=O) groups is 2. The molecular weight excluding hydrogens is 873 g/mol. The SMILES string of the molecule is CC#N.CC(C)(C)C(=O)[O-].CC(C)(C)C(=O)[O-].CN(C)CCNCc1ccccn1.CN(C)CCNCc1ccccn1.[Fe+5].[Fe+5].[O-2].[O-][Cl+3]([O-])([O-])[O-].[O-][Cl+3]([O-])([O-])[O-]. The normalized spacial score (nSPS) is 10.1. The molecule has 0 saturated heterocycles. The maximum absolute atomic E-state index is 9.91. The number of hydrogen-bond acceptors (Lipinski definition) is 19. The third kappa shape index (κ3) is 84.4. The number of carbonyl (C=O) groups excluding carboxylic acids is 2. The Balaban J connectivity index is -0.0000000835. The Morgan fingerprint density at radius 2 is 0.875 bits per heavy atom. The molecule has 20 nitrogen and oxygen atoms in total. The number of halogens is 2. The monoisotopic (exact) mass is 927 g/mol. The summed E-state index contributed by atoms with van der Waals surface area (Å²) < 4.78 is 67.9. The predicted molar refractivity (Wildman–Crippen MR) is 170 cm³/mol. The zero-order chi connectivity index (χ0) is 42.9. The Bertz CT molecular complexity index is 1100. The summed E-state index contributed by atoms with van der Waals surface area (Å²) in [7, 11) is -1.60. The number of likely N-dealkylation sites (N-methyl/N-ethyl adjacent to an activating group) is 2. The number of nitriles is 1. The molecule has 2 N–H and O–H groups in total. The van der Waals surface area contributed by atoms with Crippen molar-refractivity contribution in [2.75, 3.05) is 54.4 Å². The van der Waals surface area contributed by atoms with Crippen LogP contribution < -0.4 is 58.1 Å². The first-order valence-electron chi connectivity index (χ1n) is 15.4. The fourth-order valence-corrected chi connectivity index (χ4v) is 2.04. The first kappa shape index (κ1) is 71.5. The summed E-state index contributed by atoms with van der Waals surface area (Å²) in [6.45, 7) is 16.9. The Hall–Kier alpha value is -2.17. The largest absolute Gasteiger partial charge is 5.00 e. The van der Waals surface area contributed by atoms with E-state index in [4.69, 9.17) is 42.5 Å². The summed E-state index contributed by atoms with van der Waals surface area (Å²) >= 11 is 0. The molecular formula is C32H55Cl2Fe2N7O13+4. The van der Waals surface area contributed by atoms with E-state index in [0.717, 1.165) is 50.7 Å². The van der Waals surface area contributed by atoms with Crippen LogP contribution in [-0.4, -0.2) is 86.1 Å². The molecule has 0 spiro atoms. The summed E-state index contributed by atoms with van der Waals surface area (Å²) in [5, 5.41) is 33.8. The van der Waals surface area contributed by atoms with Gasteiger partial charge in [-0.1, -0.05) is 53.7 Å². The van der Waals surface area contributed by atoms with Gasteiger partial charge in [-0.05, 0) is 52.5 Å². The van der Waals surface area contributed by atoms with E-state index < -0.39 is 43.3 Å². The molecule has 0 unspecified atom stereocenters. The third-order valence-electron chi connectivity index (χ3n) is 4.76. The van der Waals surface area contributed by atoms with Gasteiger partial charge in [0, 0.05) is 81.4 Å². The molecule has 56 heavy (non-hydrogen) atoms. The molecule has 0 aliphatic rings. The number of carboxylic acid groups (broad SMARTS) is 2. The molecule has 0 aliphatic heterocycles. The van der Waals surface area contributed by atoms with E-state index in [1.165, 1.54) is 6.92 Å². The number of aromatic nitrogens is 2. The van der Waals surface area contributed by atoms with E-state index in [0.29, 0.717) is 0 Å². The van der Waals surface area contributed by atoms with E-state index in [-0.39, 0.29) is 39.6 Å². The van der Waals surface area contributed by atoms with Crippen LogP contribution >= 0.6 is 0 Å². The topological polar surface area (TPSA) is 373 Å². The second-order valence-electron chi connectivity index (χ2n) is 12.7. The number of pyridine rings is 2. The first-order valence-corrected chi connectivity index (χ1v) is 17.8. The minimum Gasteiger partial charge on any atom is -2.00 e. The van der Waals surface area contributed by atoms with Crippen molar-refractivity contribution in [1.82, 2.24) is 30.4 Å². The zero-order valence-electron chi connectivity index (χ0n) is 33.4. The van der Waals surface area contributed by atoms with Crippen molar-refractivity contribution in [1.29, 1.82) is 5.26 Å². The maximum atomic E-state index is 9.91. The van der Waals surface area contributed by atoms with Crippen molar-refractivity contribution in [3.63, 3.8) is 0 Å². The molecule has 2 aromatic rings. The van der Waals surface area contributed by atoms with Gasteiger partial charge < -0.3 is 45.7 Å². The summed E-state index contributed by atoms with van der Waals surface area (Å²) in [6.07, 6.45) is 3.64. The Labute approximate surface area is 356 Å². The number of nitrogens with zero attached hydrogens (tertiary/aromatic N) is 5. The van der Waals surface area contributed by atoms with Crippen LogP contribution in [0.3, 0.4) is 0 Å². The van der Waals surface area contributed by atoms with Gasteiger partial charge in [0.2, 0.25) is 0 Å². The van der Waals surface area contributed by atoms with Gasteiger partial charge in [0.15, 0.2) is 0 Å². The molecule has 2 aromatic heterocycles. The average Bonchev–Trinajstić information content (AvgIpc) is 2.97. The smallest absolute Gasteiger partial charge is 2.00 e. The Morgan fingerprint density at radius 1 is 0.661 bits per heavy atom. The number of aliphatic carboxylic acids is 2. The third-order valence-corrected chi connectivity index (χ3v) is 4.76. The number of rotatable bonds is 10.